The molecule has 35 heavy (non-hydrogen) atoms. The Kier molecular flexibility index (Phi) is 7.75. The van der Waals surface area contributed by atoms with E-state index in [1.165, 1.54) is 12.1 Å². The Bertz CT molecular complexity index is 1350. The number of aromatic nitrogens is 2. The average molecular weight is 508 g/mol. The van der Waals surface area contributed by atoms with Crippen molar-refractivity contribution in [3.05, 3.63) is 95.2 Å². The van der Waals surface area contributed by atoms with Gasteiger partial charge in [0.05, 0.1) is 17.3 Å². The molecule has 0 fully saturated rings. The number of carbonyl (C=O) groups excluding carboxylic acids is 1. The maximum Gasteiger partial charge on any atom is 0.490 e. The Balaban J connectivity index is 0.000000429. The summed E-state index contributed by atoms with van der Waals surface area (Å²) in [6.07, 6.45) is -3.30. The lowest BCUT2D eigenvalue weighted by Crippen LogP contribution is -2.28. The first-order valence-corrected chi connectivity index (χ1v) is 10.4. The number of amides is 1. The molecule has 11 heteroatoms. The number of hydrogen-bond donors (Lipinski definition) is 2. The van der Waals surface area contributed by atoms with Gasteiger partial charge in [-0.05, 0) is 55.0 Å². The average Bonchev–Trinajstić information content (AvgIpc) is 3.19. The molecular formula is C24H18ClF4N3O3. The molecule has 2 aromatic carbocycles. The normalized spacial score (nSPS) is 11.9. The van der Waals surface area contributed by atoms with Gasteiger partial charge >= 0.3 is 12.1 Å². The molecule has 0 aliphatic rings. The zero-order valence-corrected chi connectivity index (χ0v) is 18.8. The number of halogens is 5. The van der Waals surface area contributed by atoms with E-state index >= 15 is 0 Å². The second-order valence-electron chi connectivity index (χ2n) is 7.27. The van der Waals surface area contributed by atoms with Crippen LogP contribution in [0.15, 0.2) is 72.9 Å². The van der Waals surface area contributed by atoms with Crippen LogP contribution in [-0.4, -0.2) is 32.5 Å². The minimum absolute atomic E-state index is 0.258. The zero-order chi connectivity index (χ0) is 25.8. The van der Waals surface area contributed by atoms with Crippen molar-refractivity contribution < 1.29 is 32.3 Å². The fraction of sp³-hybridized carbons (Fsp3) is 0.125. The van der Waals surface area contributed by atoms with Crippen LogP contribution >= 0.6 is 11.6 Å². The summed E-state index contributed by atoms with van der Waals surface area (Å²) in [5, 5.41) is 10.7. The number of nitrogens with zero attached hydrogens (tertiary/aromatic N) is 2. The van der Waals surface area contributed by atoms with Gasteiger partial charge in [0, 0.05) is 16.8 Å². The van der Waals surface area contributed by atoms with Crippen LogP contribution in [0.3, 0.4) is 0 Å². The number of alkyl halides is 3. The third kappa shape index (κ3) is 6.15. The summed E-state index contributed by atoms with van der Waals surface area (Å²) in [4.78, 5) is 26.4. The summed E-state index contributed by atoms with van der Waals surface area (Å²) < 4.78 is 46.8. The van der Waals surface area contributed by atoms with E-state index in [0.717, 1.165) is 16.6 Å². The molecule has 0 aliphatic carbocycles. The standard InChI is InChI=1S/C22H17ClFN3O.C2HF3O2/c1-14(17-6-2-3-7-18(17)23)25-22(28)21-26-20(15-9-11-16(24)12-10-15)19-8-4-5-13-27(19)21;3-2(4,5)1(6)7/h2-14H,1H3,(H,25,28);(H,6,7). The summed E-state index contributed by atoms with van der Waals surface area (Å²) in [5.74, 6) is -3.14. The molecule has 0 saturated heterocycles. The molecule has 0 saturated carbocycles. The van der Waals surface area contributed by atoms with Gasteiger partial charge in [-0.3, -0.25) is 9.20 Å². The van der Waals surface area contributed by atoms with Gasteiger partial charge in [0.1, 0.15) is 5.82 Å². The van der Waals surface area contributed by atoms with E-state index in [0.29, 0.717) is 10.7 Å². The van der Waals surface area contributed by atoms with E-state index < -0.39 is 12.1 Å². The van der Waals surface area contributed by atoms with Crippen LogP contribution in [0.25, 0.3) is 16.8 Å². The number of benzene rings is 2. The van der Waals surface area contributed by atoms with Crippen molar-refractivity contribution in [1.82, 2.24) is 14.7 Å². The molecule has 1 atom stereocenters. The topological polar surface area (TPSA) is 83.7 Å². The molecule has 182 valence electrons. The van der Waals surface area contributed by atoms with Crippen LogP contribution in [0.5, 0.6) is 0 Å². The van der Waals surface area contributed by atoms with Crippen LogP contribution < -0.4 is 5.32 Å². The second-order valence-corrected chi connectivity index (χ2v) is 7.67. The van der Waals surface area contributed by atoms with Gasteiger partial charge in [0.15, 0.2) is 0 Å². The Hall–Kier alpha value is -3.92. The molecule has 0 aliphatic heterocycles. The smallest absolute Gasteiger partial charge is 0.475 e. The molecule has 2 heterocycles. The number of carbonyl (C=O) groups is 2. The van der Waals surface area contributed by atoms with Gasteiger partial charge in [-0.2, -0.15) is 13.2 Å². The van der Waals surface area contributed by atoms with Crippen LogP contribution in [0.2, 0.25) is 5.02 Å². The summed E-state index contributed by atoms with van der Waals surface area (Å²) in [7, 11) is 0. The third-order valence-electron chi connectivity index (χ3n) is 4.83. The first-order chi connectivity index (χ1) is 16.5. The quantitative estimate of drug-likeness (QED) is 0.336. The Labute approximate surface area is 201 Å². The Morgan fingerprint density at radius 1 is 1.03 bits per heavy atom. The molecule has 2 N–H and O–H groups in total. The number of imidazole rings is 1. The van der Waals surface area contributed by atoms with E-state index in [4.69, 9.17) is 21.5 Å². The van der Waals surface area contributed by atoms with Crippen molar-refractivity contribution in [1.29, 1.82) is 0 Å². The minimum Gasteiger partial charge on any atom is -0.475 e. The molecule has 6 nitrogen and oxygen atoms in total. The third-order valence-corrected chi connectivity index (χ3v) is 5.18. The number of aliphatic carboxylic acids is 1. The monoisotopic (exact) mass is 507 g/mol. The van der Waals surface area contributed by atoms with Crippen LogP contribution in [0.1, 0.15) is 29.1 Å². The first kappa shape index (κ1) is 25.7. The minimum atomic E-state index is -5.08. The van der Waals surface area contributed by atoms with Gasteiger partial charge in [-0.1, -0.05) is 35.9 Å². The predicted molar refractivity (Wildman–Crippen MR) is 122 cm³/mol. The fourth-order valence-corrected chi connectivity index (χ4v) is 3.48. The molecule has 1 amide bonds. The molecule has 0 spiro atoms. The summed E-state index contributed by atoms with van der Waals surface area (Å²) in [6.45, 7) is 1.87. The Morgan fingerprint density at radius 3 is 2.23 bits per heavy atom. The fourth-order valence-electron chi connectivity index (χ4n) is 3.18. The maximum absolute atomic E-state index is 13.3. The van der Waals surface area contributed by atoms with E-state index in [1.54, 1.807) is 28.8 Å². The molecule has 1 unspecified atom stereocenters. The zero-order valence-electron chi connectivity index (χ0n) is 18.1. The highest BCUT2D eigenvalue weighted by Gasteiger charge is 2.38. The molecular weight excluding hydrogens is 490 g/mol. The molecule has 4 aromatic rings. The SMILES string of the molecule is CC(NC(=O)c1nc(-c2ccc(F)cc2)c2ccccn12)c1ccccc1Cl.O=C(O)C(F)(F)F. The van der Waals surface area contributed by atoms with Crippen LogP contribution in [-0.2, 0) is 4.79 Å². The highest BCUT2D eigenvalue weighted by Crippen LogP contribution is 2.26. The first-order valence-electron chi connectivity index (χ1n) is 10.1. The number of nitrogens with one attached hydrogen (secondary N) is 1. The Morgan fingerprint density at radius 2 is 1.63 bits per heavy atom. The number of hydrogen-bond acceptors (Lipinski definition) is 3. The van der Waals surface area contributed by atoms with Crippen molar-refractivity contribution in [2.24, 2.45) is 0 Å². The maximum atomic E-state index is 13.3. The lowest BCUT2D eigenvalue weighted by molar-refractivity contribution is -0.192. The number of pyridine rings is 1. The lowest BCUT2D eigenvalue weighted by atomic mass is 10.1. The number of fused-ring (bicyclic) bond motifs is 1. The van der Waals surface area contributed by atoms with Crippen molar-refractivity contribution >= 4 is 29.0 Å². The lowest BCUT2D eigenvalue weighted by Gasteiger charge is -2.15. The highest BCUT2D eigenvalue weighted by atomic mass is 35.5. The molecule has 0 bridgehead atoms. The van der Waals surface area contributed by atoms with E-state index in [2.05, 4.69) is 10.3 Å². The molecule has 0 radical (unpaired) electrons. The van der Waals surface area contributed by atoms with Crippen molar-refractivity contribution in [2.45, 2.75) is 19.1 Å². The van der Waals surface area contributed by atoms with E-state index in [1.807, 2.05) is 43.3 Å². The van der Waals surface area contributed by atoms with Gasteiger partial charge in [-0.25, -0.2) is 14.2 Å². The van der Waals surface area contributed by atoms with E-state index in [-0.39, 0.29) is 23.6 Å². The van der Waals surface area contributed by atoms with Crippen molar-refractivity contribution in [3.8, 4) is 11.3 Å². The second kappa shape index (κ2) is 10.6. The van der Waals surface area contributed by atoms with Gasteiger partial charge in [-0.15, -0.1) is 0 Å². The van der Waals surface area contributed by atoms with Gasteiger partial charge < -0.3 is 10.4 Å². The number of carboxylic acid groups (broad SMARTS) is 1. The highest BCUT2D eigenvalue weighted by molar-refractivity contribution is 6.31. The van der Waals surface area contributed by atoms with Gasteiger partial charge in [0.25, 0.3) is 5.91 Å². The number of carboxylic acids is 1. The largest absolute Gasteiger partial charge is 0.490 e. The van der Waals surface area contributed by atoms with Gasteiger partial charge in [0.2, 0.25) is 5.82 Å². The van der Waals surface area contributed by atoms with Crippen molar-refractivity contribution in [3.63, 3.8) is 0 Å². The van der Waals surface area contributed by atoms with Crippen molar-refractivity contribution in [2.75, 3.05) is 0 Å². The van der Waals surface area contributed by atoms with Crippen LogP contribution in [0, 0.1) is 5.82 Å². The number of rotatable bonds is 4. The van der Waals surface area contributed by atoms with Crippen LogP contribution in [0.4, 0.5) is 17.6 Å². The summed E-state index contributed by atoms with van der Waals surface area (Å²) in [5.41, 5.74) is 2.96. The summed E-state index contributed by atoms with van der Waals surface area (Å²) >= 11 is 6.24. The molecule has 2 aromatic heterocycles. The predicted octanol–water partition coefficient (Wildman–Crippen LogP) is 5.92. The molecule has 4 rings (SSSR count). The van der Waals surface area contributed by atoms with E-state index in [9.17, 15) is 22.4 Å². The summed E-state index contributed by atoms with van der Waals surface area (Å²) in [6, 6.07) is 18.7.